The van der Waals surface area contributed by atoms with E-state index in [0.717, 1.165) is 30.0 Å². The summed E-state index contributed by atoms with van der Waals surface area (Å²) in [7, 11) is 0. The molecular formula is C19H21N5O. The molecule has 0 aliphatic carbocycles. The van der Waals surface area contributed by atoms with Gasteiger partial charge in [0.25, 0.3) is 5.91 Å². The molecule has 1 aliphatic rings. The van der Waals surface area contributed by atoms with E-state index < -0.39 is 5.91 Å². The third-order valence-corrected chi connectivity index (χ3v) is 4.73. The summed E-state index contributed by atoms with van der Waals surface area (Å²) in [5.74, 6) is 1.23. The predicted octanol–water partition coefficient (Wildman–Crippen LogP) is 3.10. The molecule has 6 nitrogen and oxygen atoms in total. The normalized spacial score (nSPS) is 15.3. The largest absolute Gasteiger partial charge is 0.366 e. The van der Waals surface area contributed by atoms with Crippen LogP contribution in [0.3, 0.4) is 0 Å². The quantitative estimate of drug-likeness (QED) is 0.770. The molecule has 1 aromatic carbocycles. The van der Waals surface area contributed by atoms with Gasteiger partial charge in [-0.05, 0) is 37.1 Å². The minimum atomic E-state index is -0.474. The highest BCUT2D eigenvalue weighted by molar-refractivity contribution is 6.04. The van der Waals surface area contributed by atoms with Gasteiger partial charge in [-0.25, -0.2) is 9.97 Å². The molecule has 25 heavy (non-hydrogen) atoms. The fourth-order valence-electron chi connectivity index (χ4n) is 3.38. The van der Waals surface area contributed by atoms with Gasteiger partial charge in [-0.15, -0.1) is 0 Å². The Hall–Kier alpha value is -2.89. The number of rotatable bonds is 3. The van der Waals surface area contributed by atoms with Crippen LogP contribution in [0.4, 0.5) is 5.82 Å². The SMILES string of the molecule is NC(=O)c1cccc2[nH]c(-c3ccc(N4CCCCCC4)nc3)nc12. The van der Waals surface area contributed by atoms with Gasteiger partial charge < -0.3 is 15.6 Å². The Morgan fingerprint density at radius 1 is 1.08 bits per heavy atom. The van der Waals surface area contributed by atoms with Crippen molar-refractivity contribution < 1.29 is 4.79 Å². The average molecular weight is 335 g/mol. The molecule has 0 unspecified atom stereocenters. The summed E-state index contributed by atoms with van der Waals surface area (Å²) < 4.78 is 0. The van der Waals surface area contributed by atoms with Gasteiger partial charge in [0.15, 0.2) is 0 Å². The maximum atomic E-state index is 11.6. The Morgan fingerprint density at radius 3 is 2.56 bits per heavy atom. The molecule has 0 spiro atoms. The summed E-state index contributed by atoms with van der Waals surface area (Å²) >= 11 is 0. The van der Waals surface area contributed by atoms with Crippen LogP contribution in [0.1, 0.15) is 36.0 Å². The van der Waals surface area contributed by atoms with Crippen molar-refractivity contribution in [2.45, 2.75) is 25.7 Å². The van der Waals surface area contributed by atoms with Gasteiger partial charge in [-0.1, -0.05) is 18.9 Å². The Bertz CT molecular complexity index is 892. The lowest BCUT2D eigenvalue weighted by Gasteiger charge is -2.21. The van der Waals surface area contributed by atoms with Crippen LogP contribution in [0.2, 0.25) is 0 Å². The molecule has 128 valence electrons. The van der Waals surface area contributed by atoms with Crippen LogP contribution in [-0.4, -0.2) is 33.9 Å². The topological polar surface area (TPSA) is 87.9 Å². The number of hydrogen-bond donors (Lipinski definition) is 2. The maximum absolute atomic E-state index is 11.6. The summed E-state index contributed by atoms with van der Waals surface area (Å²) in [6, 6.07) is 9.44. The first-order valence-electron chi connectivity index (χ1n) is 8.72. The lowest BCUT2D eigenvalue weighted by atomic mass is 10.2. The van der Waals surface area contributed by atoms with Gasteiger partial charge in [0, 0.05) is 24.8 Å². The predicted molar refractivity (Wildman–Crippen MR) is 98.5 cm³/mol. The van der Waals surface area contributed by atoms with Gasteiger partial charge in [0.2, 0.25) is 0 Å². The van der Waals surface area contributed by atoms with Crippen LogP contribution >= 0.6 is 0 Å². The van der Waals surface area contributed by atoms with Crippen LogP contribution in [0.5, 0.6) is 0 Å². The zero-order chi connectivity index (χ0) is 17.2. The first-order chi connectivity index (χ1) is 12.2. The van der Waals surface area contributed by atoms with E-state index in [9.17, 15) is 4.79 Å². The maximum Gasteiger partial charge on any atom is 0.250 e. The van der Waals surface area contributed by atoms with Crippen molar-refractivity contribution in [3.63, 3.8) is 0 Å². The lowest BCUT2D eigenvalue weighted by molar-refractivity contribution is 0.100. The van der Waals surface area contributed by atoms with Gasteiger partial charge >= 0.3 is 0 Å². The lowest BCUT2D eigenvalue weighted by Crippen LogP contribution is -2.24. The molecule has 6 heteroatoms. The molecule has 0 saturated carbocycles. The summed E-state index contributed by atoms with van der Waals surface area (Å²) in [6.45, 7) is 2.14. The molecule has 4 rings (SSSR count). The van der Waals surface area contributed by atoms with Crippen molar-refractivity contribution in [3.05, 3.63) is 42.1 Å². The number of benzene rings is 1. The van der Waals surface area contributed by atoms with Crippen LogP contribution in [0, 0.1) is 0 Å². The van der Waals surface area contributed by atoms with Gasteiger partial charge in [-0.3, -0.25) is 4.79 Å². The number of hydrogen-bond acceptors (Lipinski definition) is 4. The van der Waals surface area contributed by atoms with Gasteiger partial charge in [0.1, 0.15) is 17.2 Å². The molecule has 3 N–H and O–H groups in total. The van der Waals surface area contributed by atoms with Crippen LogP contribution < -0.4 is 10.6 Å². The number of amides is 1. The van der Waals surface area contributed by atoms with Crippen molar-refractivity contribution in [3.8, 4) is 11.4 Å². The number of nitrogens with two attached hydrogens (primary N) is 1. The average Bonchev–Trinajstić information content (AvgIpc) is 2.88. The minimum Gasteiger partial charge on any atom is -0.366 e. The Kier molecular flexibility index (Phi) is 4.09. The number of imidazole rings is 1. The molecule has 1 saturated heterocycles. The van der Waals surface area contributed by atoms with Gasteiger partial charge in [0.05, 0.1) is 11.1 Å². The van der Waals surface area contributed by atoms with Crippen molar-refractivity contribution in [2.75, 3.05) is 18.0 Å². The summed E-state index contributed by atoms with van der Waals surface area (Å²) in [5.41, 5.74) is 8.14. The number of pyridine rings is 1. The highest BCUT2D eigenvalue weighted by atomic mass is 16.1. The molecule has 2 aromatic heterocycles. The number of aromatic nitrogens is 3. The van der Waals surface area contributed by atoms with Crippen molar-refractivity contribution >= 4 is 22.8 Å². The van der Waals surface area contributed by atoms with E-state index >= 15 is 0 Å². The zero-order valence-corrected chi connectivity index (χ0v) is 14.0. The number of carbonyl (C=O) groups excluding carboxylic acids is 1. The molecule has 1 amide bonds. The van der Waals surface area contributed by atoms with E-state index in [1.807, 2.05) is 24.4 Å². The molecule has 0 radical (unpaired) electrons. The van der Waals surface area contributed by atoms with E-state index in [1.165, 1.54) is 25.7 Å². The van der Waals surface area contributed by atoms with E-state index in [1.54, 1.807) is 12.1 Å². The zero-order valence-electron chi connectivity index (χ0n) is 14.0. The standard InChI is InChI=1S/C19H21N5O/c20-18(25)14-6-5-7-15-17(14)23-19(22-15)13-8-9-16(21-12-13)24-10-3-1-2-4-11-24/h5-9,12H,1-4,10-11H2,(H2,20,25)(H,22,23). The molecular weight excluding hydrogens is 314 g/mol. The Morgan fingerprint density at radius 2 is 1.88 bits per heavy atom. The minimum absolute atomic E-state index is 0.425. The van der Waals surface area contributed by atoms with Crippen LogP contribution in [0.15, 0.2) is 36.5 Å². The highest BCUT2D eigenvalue weighted by Gasteiger charge is 2.14. The summed E-state index contributed by atoms with van der Waals surface area (Å²) in [5, 5.41) is 0. The molecule has 3 aromatic rings. The molecule has 0 bridgehead atoms. The second-order valence-electron chi connectivity index (χ2n) is 6.46. The third-order valence-electron chi connectivity index (χ3n) is 4.73. The summed E-state index contributed by atoms with van der Waals surface area (Å²) in [6.07, 6.45) is 6.89. The monoisotopic (exact) mass is 335 g/mol. The fraction of sp³-hybridized carbons (Fsp3) is 0.316. The smallest absolute Gasteiger partial charge is 0.250 e. The van der Waals surface area contributed by atoms with E-state index in [0.29, 0.717) is 16.9 Å². The third kappa shape index (κ3) is 3.07. The van der Waals surface area contributed by atoms with Crippen LogP contribution in [0.25, 0.3) is 22.4 Å². The van der Waals surface area contributed by atoms with E-state index in [-0.39, 0.29) is 0 Å². The summed E-state index contributed by atoms with van der Waals surface area (Å²) in [4.78, 5) is 26.3. The molecule has 1 aliphatic heterocycles. The number of aromatic amines is 1. The first kappa shape index (κ1) is 15.6. The fourth-order valence-corrected chi connectivity index (χ4v) is 3.38. The second-order valence-corrected chi connectivity index (χ2v) is 6.46. The Labute approximate surface area is 146 Å². The number of para-hydroxylation sites is 1. The second kappa shape index (κ2) is 6.55. The number of H-pyrrole nitrogens is 1. The van der Waals surface area contributed by atoms with Crippen molar-refractivity contribution in [1.29, 1.82) is 0 Å². The number of fused-ring (bicyclic) bond motifs is 1. The number of primary amides is 1. The Balaban J connectivity index is 1.65. The first-order valence-corrected chi connectivity index (χ1v) is 8.72. The number of nitrogens with one attached hydrogen (secondary N) is 1. The number of carbonyl (C=O) groups is 1. The number of nitrogens with zero attached hydrogens (tertiary/aromatic N) is 3. The molecule has 3 heterocycles. The van der Waals surface area contributed by atoms with E-state index in [4.69, 9.17) is 5.73 Å². The van der Waals surface area contributed by atoms with Crippen molar-refractivity contribution in [1.82, 2.24) is 15.0 Å². The van der Waals surface area contributed by atoms with Crippen LogP contribution in [-0.2, 0) is 0 Å². The van der Waals surface area contributed by atoms with E-state index in [2.05, 4.69) is 19.9 Å². The van der Waals surface area contributed by atoms with Gasteiger partial charge in [-0.2, -0.15) is 0 Å². The number of anilines is 1. The highest BCUT2D eigenvalue weighted by Crippen LogP contribution is 2.24. The molecule has 0 atom stereocenters. The van der Waals surface area contributed by atoms with Crippen molar-refractivity contribution in [2.24, 2.45) is 5.73 Å². The molecule has 1 fully saturated rings.